The first kappa shape index (κ1) is 16.9. The van der Waals surface area contributed by atoms with Crippen molar-refractivity contribution in [1.29, 1.82) is 0 Å². The quantitative estimate of drug-likeness (QED) is 0.844. The number of rotatable bonds is 3. The van der Waals surface area contributed by atoms with Gasteiger partial charge in [-0.25, -0.2) is 0 Å². The summed E-state index contributed by atoms with van der Waals surface area (Å²) >= 11 is 1.85. The summed E-state index contributed by atoms with van der Waals surface area (Å²) in [5.74, 6) is 0.978. The van der Waals surface area contributed by atoms with E-state index in [1.54, 1.807) is 0 Å². The summed E-state index contributed by atoms with van der Waals surface area (Å²) in [6.07, 6.45) is 2.46. The van der Waals surface area contributed by atoms with Gasteiger partial charge in [-0.2, -0.15) is 5.10 Å². The van der Waals surface area contributed by atoms with Gasteiger partial charge in [0.05, 0.1) is 18.9 Å². The van der Waals surface area contributed by atoms with Gasteiger partial charge in [0.1, 0.15) is 0 Å². The molecule has 0 aromatic carbocycles. The summed E-state index contributed by atoms with van der Waals surface area (Å²) in [7, 11) is 0. The first-order valence-corrected chi connectivity index (χ1v) is 9.98. The van der Waals surface area contributed by atoms with E-state index in [9.17, 15) is 0 Å². The smallest absolute Gasteiger partial charge is 0.151 e. The standard InChI is InChI=1S/C19H26N4OS/c1-16-5-6-18(21-20-16)23-9-10-24-15-19(14-23)7-3-8-22(13-19)12-17-4-2-11-25-17/h2,4-6,11H,3,7-10,12-15H2,1H3. The number of aryl methyl sites for hydroxylation is 1. The SMILES string of the molecule is Cc1ccc(N2CCOCC3(CCCN(Cc4cccs4)C3)C2)nn1. The number of nitrogens with zero attached hydrogens (tertiary/aromatic N) is 4. The summed E-state index contributed by atoms with van der Waals surface area (Å²) in [5, 5.41) is 10.8. The molecule has 4 heterocycles. The number of piperidine rings is 1. The molecule has 2 aromatic rings. The normalized spacial score (nSPS) is 25.2. The van der Waals surface area contributed by atoms with Crippen molar-refractivity contribution < 1.29 is 4.74 Å². The molecule has 1 unspecified atom stereocenters. The number of ether oxygens (including phenoxy) is 1. The number of aromatic nitrogens is 2. The van der Waals surface area contributed by atoms with Crippen LogP contribution in [0.5, 0.6) is 0 Å². The molecule has 2 aliphatic rings. The van der Waals surface area contributed by atoms with Gasteiger partial charge in [0.2, 0.25) is 0 Å². The van der Waals surface area contributed by atoms with Gasteiger partial charge >= 0.3 is 0 Å². The van der Waals surface area contributed by atoms with E-state index in [1.165, 1.54) is 24.3 Å². The lowest BCUT2D eigenvalue weighted by Gasteiger charge is -2.43. The molecule has 0 N–H and O–H groups in total. The topological polar surface area (TPSA) is 41.5 Å². The van der Waals surface area contributed by atoms with Gasteiger partial charge in [0.15, 0.2) is 5.82 Å². The Labute approximate surface area is 153 Å². The Bertz CT molecular complexity index is 675. The zero-order chi connectivity index (χ0) is 17.1. The van der Waals surface area contributed by atoms with Crippen LogP contribution in [0.25, 0.3) is 0 Å². The highest BCUT2D eigenvalue weighted by Gasteiger charge is 2.39. The Morgan fingerprint density at radius 2 is 2.16 bits per heavy atom. The third-order valence-electron chi connectivity index (χ3n) is 5.25. The molecule has 2 aliphatic heterocycles. The van der Waals surface area contributed by atoms with E-state index in [-0.39, 0.29) is 5.41 Å². The van der Waals surface area contributed by atoms with E-state index < -0.39 is 0 Å². The lowest BCUT2D eigenvalue weighted by atomic mass is 9.80. The Morgan fingerprint density at radius 3 is 2.96 bits per heavy atom. The lowest BCUT2D eigenvalue weighted by molar-refractivity contribution is 0.0109. The van der Waals surface area contributed by atoms with Gasteiger partial charge in [-0.15, -0.1) is 16.4 Å². The van der Waals surface area contributed by atoms with Crippen molar-refractivity contribution in [3.63, 3.8) is 0 Å². The molecular formula is C19H26N4OS. The summed E-state index contributed by atoms with van der Waals surface area (Å²) in [4.78, 5) is 6.42. The molecule has 0 aliphatic carbocycles. The zero-order valence-corrected chi connectivity index (χ0v) is 15.7. The molecule has 0 amide bonds. The predicted molar refractivity (Wildman–Crippen MR) is 101 cm³/mol. The number of hydrogen-bond donors (Lipinski definition) is 0. The summed E-state index contributed by atoms with van der Waals surface area (Å²) < 4.78 is 6.03. The monoisotopic (exact) mass is 358 g/mol. The van der Waals surface area contributed by atoms with Crippen LogP contribution in [0.2, 0.25) is 0 Å². The maximum Gasteiger partial charge on any atom is 0.151 e. The molecule has 0 saturated carbocycles. The number of likely N-dealkylation sites (tertiary alicyclic amines) is 1. The molecule has 25 heavy (non-hydrogen) atoms. The number of hydrogen-bond acceptors (Lipinski definition) is 6. The fourth-order valence-corrected chi connectivity index (χ4v) is 4.81. The molecule has 0 bridgehead atoms. The molecule has 5 nitrogen and oxygen atoms in total. The van der Waals surface area contributed by atoms with Crippen LogP contribution >= 0.6 is 11.3 Å². The summed E-state index contributed by atoms with van der Waals surface area (Å²) in [6.45, 7) is 8.84. The molecule has 0 radical (unpaired) electrons. The summed E-state index contributed by atoms with van der Waals surface area (Å²) in [5.41, 5.74) is 1.16. The van der Waals surface area contributed by atoms with Gasteiger partial charge in [-0.3, -0.25) is 4.90 Å². The lowest BCUT2D eigenvalue weighted by Crippen LogP contribution is -2.50. The van der Waals surface area contributed by atoms with Crippen LogP contribution in [0.15, 0.2) is 29.6 Å². The highest BCUT2D eigenvalue weighted by atomic mass is 32.1. The molecule has 4 rings (SSSR count). The molecular weight excluding hydrogens is 332 g/mol. The Kier molecular flexibility index (Phi) is 5.01. The Morgan fingerprint density at radius 1 is 1.20 bits per heavy atom. The zero-order valence-electron chi connectivity index (χ0n) is 14.9. The minimum Gasteiger partial charge on any atom is -0.379 e. The predicted octanol–water partition coefficient (Wildman–Crippen LogP) is 2.97. The number of anilines is 1. The van der Waals surface area contributed by atoms with Crippen LogP contribution in [0.4, 0.5) is 5.82 Å². The van der Waals surface area contributed by atoms with Crippen molar-refractivity contribution in [2.45, 2.75) is 26.3 Å². The maximum atomic E-state index is 6.03. The first-order chi connectivity index (χ1) is 12.2. The molecule has 1 spiro atoms. The highest BCUT2D eigenvalue weighted by Crippen LogP contribution is 2.35. The van der Waals surface area contributed by atoms with Crippen molar-refractivity contribution >= 4 is 17.2 Å². The molecule has 1 atom stereocenters. The van der Waals surface area contributed by atoms with Crippen molar-refractivity contribution in [2.75, 3.05) is 44.3 Å². The Balaban J connectivity index is 1.49. The fraction of sp³-hybridized carbons (Fsp3) is 0.579. The van der Waals surface area contributed by atoms with Crippen molar-refractivity contribution in [3.05, 3.63) is 40.2 Å². The summed E-state index contributed by atoms with van der Waals surface area (Å²) in [6, 6.07) is 8.52. The van der Waals surface area contributed by atoms with Crippen LogP contribution < -0.4 is 4.90 Å². The minimum absolute atomic E-state index is 0.193. The van der Waals surface area contributed by atoms with Crippen LogP contribution in [0.3, 0.4) is 0 Å². The average molecular weight is 359 g/mol. The second-order valence-electron chi connectivity index (χ2n) is 7.40. The van der Waals surface area contributed by atoms with Crippen LogP contribution in [-0.2, 0) is 11.3 Å². The van der Waals surface area contributed by atoms with E-state index in [1.807, 2.05) is 24.3 Å². The fourth-order valence-electron chi connectivity index (χ4n) is 4.06. The second-order valence-corrected chi connectivity index (χ2v) is 8.43. The van der Waals surface area contributed by atoms with Crippen molar-refractivity contribution in [3.8, 4) is 0 Å². The van der Waals surface area contributed by atoms with E-state index in [0.717, 1.165) is 50.9 Å². The van der Waals surface area contributed by atoms with Crippen molar-refractivity contribution in [2.24, 2.45) is 5.41 Å². The van der Waals surface area contributed by atoms with Gasteiger partial charge in [-0.1, -0.05) is 6.07 Å². The molecule has 2 saturated heterocycles. The average Bonchev–Trinajstić information content (AvgIpc) is 3.04. The highest BCUT2D eigenvalue weighted by molar-refractivity contribution is 7.09. The van der Waals surface area contributed by atoms with Gasteiger partial charge < -0.3 is 9.64 Å². The molecule has 6 heteroatoms. The van der Waals surface area contributed by atoms with Crippen LogP contribution in [-0.4, -0.2) is 54.5 Å². The Hall–Kier alpha value is -1.50. The number of thiophene rings is 1. The minimum atomic E-state index is 0.193. The van der Waals surface area contributed by atoms with E-state index in [4.69, 9.17) is 4.74 Å². The van der Waals surface area contributed by atoms with E-state index in [0.29, 0.717) is 0 Å². The van der Waals surface area contributed by atoms with Gasteiger partial charge in [0.25, 0.3) is 0 Å². The third kappa shape index (κ3) is 4.02. The van der Waals surface area contributed by atoms with Gasteiger partial charge in [0, 0.05) is 36.5 Å². The van der Waals surface area contributed by atoms with E-state index in [2.05, 4.69) is 43.6 Å². The maximum absolute atomic E-state index is 6.03. The molecule has 134 valence electrons. The van der Waals surface area contributed by atoms with Crippen LogP contribution in [0.1, 0.15) is 23.4 Å². The first-order valence-electron chi connectivity index (χ1n) is 9.10. The molecule has 2 fully saturated rings. The van der Waals surface area contributed by atoms with Gasteiger partial charge in [-0.05, 0) is 49.9 Å². The second kappa shape index (κ2) is 7.40. The van der Waals surface area contributed by atoms with Crippen LogP contribution in [0, 0.1) is 12.3 Å². The third-order valence-corrected chi connectivity index (χ3v) is 6.11. The van der Waals surface area contributed by atoms with E-state index >= 15 is 0 Å². The largest absolute Gasteiger partial charge is 0.379 e. The molecule has 2 aromatic heterocycles. The van der Waals surface area contributed by atoms with Crippen molar-refractivity contribution in [1.82, 2.24) is 15.1 Å².